The Balaban J connectivity index is 2.79. The number of hydrogen-bond acceptors (Lipinski definition) is 4. The Morgan fingerprint density at radius 1 is 1.65 bits per heavy atom. The minimum atomic E-state index is -0.494. The van der Waals surface area contributed by atoms with Crippen molar-refractivity contribution in [2.75, 3.05) is 0 Å². The second-order valence-corrected chi connectivity index (χ2v) is 4.93. The van der Waals surface area contributed by atoms with Gasteiger partial charge in [-0.15, -0.1) is 12.3 Å². The van der Waals surface area contributed by atoms with Crippen LogP contribution in [0.1, 0.15) is 43.4 Å². The fraction of sp³-hybridized carbons (Fsp3) is 0.538. The van der Waals surface area contributed by atoms with Gasteiger partial charge in [-0.2, -0.15) is 0 Å². The maximum absolute atomic E-state index is 11.8. The van der Waals surface area contributed by atoms with Crippen molar-refractivity contribution >= 4 is 5.97 Å². The summed E-state index contributed by atoms with van der Waals surface area (Å²) in [5, 5.41) is 0. The van der Waals surface area contributed by atoms with Crippen molar-refractivity contribution in [3.63, 3.8) is 0 Å². The van der Waals surface area contributed by atoms with Gasteiger partial charge in [-0.25, -0.2) is 9.78 Å². The first-order chi connectivity index (χ1) is 7.86. The van der Waals surface area contributed by atoms with Crippen LogP contribution in [-0.4, -0.2) is 17.1 Å². The Morgan fingerprint density at radius 3 is 2.71 bits per heavy atom. The van der Waals surface area contributed by atoms with Gasteiger partial charge in [0.1, 0.15) is 11.9 Å². The number of oxazole rings is 1. The lowest BCUT2D eigenvalue weighted by Crippen LogP contribution is -2.31. The summed E-state index contributed by atoms with van der Waals surface area (Å²) in [6.07, 6.45) is 6.54. The molecule has 0 fully saturated rings. The number of aryl methyl sites for hydroxylation is 1. The highest BCUT2D eigenvalue weighted by molar-refractivity contribution is 5.88. The zero-order chi connectivity index (χ0) is 13.1. The highest BCUT2D eigenvalue weighted by atomic mass is 16.5. The molecule has 0 N–H and O–H groups in total. The first kappa shape index (κ1) is 13.3. The fourth-order valence-electron chi connectivity index (χ4n) is 1.32. The molecule has 0 radical (unpaired) electrons. The van der Waals surface area contributed by atoms with Gasteiger partial charge in [0.05, 0.1) is 0 Å². The summed E-state index contributed by atoms with van der Waals surface area (Å²) in [4.78, 5) is 15.7. The number of esters is 1. The Morgan fingerprint density at radius 2 is 2.29 bits per heavy atom. The molecule has 0 spiro atoms. The topological polar surface area (TPSA) is 52.3 Å². The molecule has 0 aliphatic heterocycles. The Kier molecular flexibility index (Phi) is 3.95. The van der Waals surface area contributed by atoms with Crippen molar-refractivity contribution in [3.8, 4) is 12.3 Å². The van der Waals surface area contributed by atoms with E-state index in [2.05, 4.69) is 10.9 Å². The van der Waals surface area contributed by atoms with Crippen LogP contribution >= 0.6 is 0 Å². The van der Waals surface area contributed by atoms with Gasteiger partial charge in [0.2, 0.25) is 0 Å². The van der Waals surface area contributed by atoms with Gasteiger partial charge in [0.15, 0.2) is 12.1 Å². The van der Waals surface area contributed by atoms with Crippen molar-refractivity contribution in [2.24, 2.45) is 5.41 Å². The highest BCUT2D eigenvalue weighted by Gasteiger charge is 2.29. The lowest BCUT2D eigenvalue weighted by Gasteiger charge is -2.28. The maximum atomic E-state index is 11.8. The van der Waals surface area contributed by atoms with E-state index in [0.29, 0.717) is 12.2 Å². The molecule has 17 heavy (non-hydrogen) atoms. The number of hydrogen-bond donors (Lipinski definition) is 0. The van der Waals surface area contributed by atoms with E-state index < -0.39 is 5.97 Å². The second-order valence-electron chi connectivity index (χ2n) is 4.93. The van der Waals surface area contributed by atoms with Crippen molar-refractivity contribution in [1.29, 1.82) is 0 Å². The van der Waals surface area contributed by atoms with E-state index in [-0.39, 0.29) is 17.2 Å². The Bertz CT molecular complexity index is 434. The average Bonchev–Trinajstić information content (AvgIpc) is 2.62. The van der Waals surface area contributed by atoms with Crippen LogP contribution in [0.5, 0.6) is 0 Å². The van der Waals surface area contributed by atoms with Crippen LogP contribution in [0, 0.1) is 24.7 Å². The van der Waals surface area contributed by atoms with Gasteiger partial charge in [-0.05, 0) is 12.3 Å². The van der Waals surface area contributed by atoms with E-state index >= 15 is 0 Å². The third-order valence-corrected chi connectivity index (χ3v) is 2.46. The van der Waals surface area contributed by atoms with Crippen LogP contribution in [0.25, 0.3) is 0 Å². The molecule has 1 aromatic heterocycles. The van der Waals surface area contributed by atoms with Crippen molar-refractivity contribution in [3.05, 3.63) is 17.8 Å². The van der Waals surface area contributed by atoms with E-state index in [1.165, 1.54) is 6.39 Å². The molecule has 0 aliphatic carbocycles. The SMILES string of the molecule is C#CC[C@@H](OC(=O)c1ncoc1C)C(C)(C)C. The molecule has 4 nitrogen and oxygen atoms in total. The third kappa shape index (κ3) is 3.35. The molecule has 0 saturated heterocycles. The van der Waals surface area contributed by atoms with Gasteiger partial charge in [0.25, 0.3) is 0 Å². The monoisotopic (exact) mass is 235 g/mol. The van der Waals surface area contributed by atoms with Crippen LogP contribution in [0.2, 0.25) is 0 Å². The zero-order valence-corrected chi connectivity index (χ0v) is 10.6. The van der Waals surface area contributed by atoms with Gasteiger partial charge in [0, 0.05) is 6.42 Å². The molecule has 4 heteroatoms. The van der Waals surface area contributed by atoms with E-state index in [1.807, 2.05) is 20.8 Å². The lowest BCUT2D eigenvalue weighted by molar-refractivity contribution is -0.00124. The first-order valence-electron chi connectivity index (χ1n) is 5.40. The average molecular weight is 235 g/mol. The molecule has 1 rings (SSSR count). The summed E-state index contributed by atoms with van der Waals surface area (Å²) in [6, 6.07) is 0. The van der Waals surface area contributed by atoms with Gasteiger partial charge in [-0.1, -0.05) is 20.8 Å². The summed E-state index contributed by atoms with van der Waals surface area (Å²) < 4.78 is 10.3. The Labute approximate surface area is 101 Å². The molecule has 92 valence electrons. The largest absolute Gasteiger partial charge is 0.456 e. The number of rotatable bonds is 3. The third-order valence-electron chi connectivity index (χ3n) is 2.46. The zero-order valence-electron chi connectivity index (χ0n) is 10.6. The molecule has 0 aliphatic rings. The van der Waals surface area contributed by atoms with Crippen LogP contribution < -0.4 is 0 Å². The molecule has 1 heterocycles. The number of aromatic nitrogens is 1. The molecular formula is C13H17NO3. The first-order valence-corrected chi connectivity index (χ1v) is 5.40. The molecule has 1 atom stereocenters. The number of terminal acetylenes is 1. The normalized spacial score (nSPS) is 12.9. The van der Waals surface area contributed by atoms with Gasteiger partial charge in [-0.3, -0.25) is 0 Å². The molecular weight excluding hydrogens is 218 g/mol. The predicted octanol–water partition coefficient (Wildman–Crippen LogP) is 2.58. The standard InChI is InChI=1S/C13H17NO3/c1-6-7-10(13(3,4)5)17-12(15)11-9(2)16-8-14-11/h1,8,10H,7H2,2-5H3/t10-/m1/s1. The fourth-order valence-corrected chi connectivity index (χ4v) is 1.32. The van der Waals surface area contributed by atoms with E-state index in [1.54, 1.807) is 6.92 Å². The molecule has 0 saturated carbocycles. The summed E-state index contributed by atoms with van der Waals surface area (Å²) in [6.45, 7) is 7.57. The van der Waals surface area contributed by atoms with Crippen LogP contribution in [0.15, 0.2) is 10.8 Å². The molecule has 0 bridgehead atoms. The summed E-state index contributed by atoms with van der Waals surface area (Å²) in [7, 11) is 0. The smallest absolute Gasteiger partial charge is 0.360 e. The summed E-state index contributed by atoms with van der Waals surface area (Å²) >= 11 is 0. The van der Waals surface area contributed by atoms with Crippen molar-refractivity contribution in [2.45, 2.75) is 40.2 Å². The van der Waals surface area contributed by atoms with Crippen LogP contribution in [0.4, 0.5) is 0 Å². The lowest BCUT2D eigenvalue weighted by atomic mass is 9.87. The van der Waals surface area contributed by atoms with Gasteiger partial charge >= 0.3 is 5.97 Å². The van der Waals surface area contributed by atoms with E-state index in [9.17, 15) is 4.79 Å². The molecule has 0 aromatic carbocycles. The van der Waals surface area contributed by atoms with E-state index in [4.69, 9.17) is 15.6 Å². The summed E-state index contributed by atoms with van der Waals surface area (Å²) in [5.41, 5.74) is -0.00378. The minimum absolute atomic E-state index is 0.205. The molecule has 0 unspecified atom stereocenters. The highest BCUT2D eigenvalue weighted by Crippen LogP contribution is 2.25. The number of nitrogens with zero attached hydrogens (tertiary/aromatic N) is 1. The maximum Gasteiger partial charge on any atom is 0.360 e. The summed E-state index contributed by atoms with van der Waals surface area (Å²) in [5.74, 6) is 2.47. The van der Waals surface area contributed by atoms with Crippen molar-refractivity contribution < 1.29 is 13.9 Å². The predicted molar refractivity (Wildman–Crippen MR) is 63.3 cm³/mol. The van der Waals surface area contributed by atoms with Crippen LogP contribution in [-0.2, 0) is 4.74 Å². The minimum Gasteiger partial charge on any atom is -0.456 e. The quantitative estimate of drug-likeness (QED) is 0.597. The van der Waals surface area contributed by atoms with Gasteiger partial charge < -0.3 is 9.15 Å². The molecule has 1 aromatic rings. The van der Waals surface area contributed by atoms with Crippen molar-refractivity contribution in [1.82, 2.24) is 4.98 Å². The Hall–Kier alpha value is -1.76. The number of carbonyl (C=O) groups is 1. The van der Waals surface area contributed by atoms with E-state index in [0.717, 1.165) is 0 Å². The molecule has 0 amide bonds. The second kappa shape index (κ2) is 5.05. The number of ether oxygens (including phenoxy) is 1. The number of carbonyl (C=O) groups excluding carboxylic acids is 1. The van der Waals surface area contributed by atoms with Crippen LogP contribution in [0.3, 0.4) is 0 Å².